The zero-order valence-corrected chi connectivity index (χ0v) is 10.8. The molecule has 0 saturated carbocycles. The minimum absolute atomic E-state index is 0.116. The molecule has 1 unspecified atom stereocenters. The minimum atomic E-state index is -0.447. The number of nitrogens with zero attached hydrogens (tertiary/aromatic N) is 3. The number of carbonyl (C=O) groups is 1. The minimum Gasteiger partial charge on any atom is -0.354 e. The summed E-state index contributed by atoms with van der Waals surface area (Å²) < 4.78 is 0. The van der Waals surface area contributed by atoms with Gasteiger partial charge in [-0.25, -0.2) is 9.97 Å². The normalized spacial score (nSPS) is 11.7. The van der Waals surface area contributed by atoms with Gasteiger partial charge in [0.05, 0.1) is 0 Å². The van der Waals surface area contributed by atoms with E-state index >= 15 is 0 Å². The second-order valence-corrected chi connectivity index (χ2v) is 4.38. The summed E-state index contributed by atoms with van der Waals surface area (Å²) in [6, 6.07) is 2.98. The first kappa shape index (κ1) is 13.9. The van der Waals surface area contributed by atoms with Crippen molar-refractivity contribution >= 4 is 11.9 Å². The molecule has 1 amide bonds. The van der Waals surface area contributed by atoms with Crippen molar-refractivity contribution in [2.24, 2.45) is 5.92 Å². The second-order valence-electron chi connectivity index (χ2n) is 4.38. The zero-order chi connectivity index (χ0) is 13.5. The van der Waals surface area contributed by atoms with Crippen LogP contribution in [0.3, 0.4) is 0 Å². The van der Waals surface area contributed by atoms with Crippen molar-refractivity contribution in [3.8, 4) is 6.07 Å². The Morgan fingerprint density at radius 3 is 2.83 bits per heavy atom. The van der Waals surface area contributed by atoms with Crippen molar-refractivity contribution in [3.63, 3.8) is 0 Å². The van der Waals surface area contributed by atoms with Gasteiger partial charge in [0, 0.05) is 12.7 Å². The number of rotatable bonds is 5. The number of nitriles is 1. The Labute approximate surface area is 106 Å². The molecule has 1 atom stereocenters. The molecule has 0 aliphatic rings. The lowest BCUT2D eigenvalue weighted by Gasteiger charge is -2.14. The zero-order valence-electron chi connectivity index (χ0n) is 10.8. The lowest BCUT2D eigenvalue weighted by atomic mass is 10.2. The van der Waals surface area contributed by atoms with E-state index in [9.17, 15) is 4.79 Å². The molecule has 0 radical (unpaired) electrons. The Kier molecular flexibility index (Phi) is 5.06. The van der Waals surface area contributed by atoms with Crippen molar-refractivity contribution in [1.29, 1.82) is 5.26 Å². The van der Waals surface area contributed by atoms with E-state index in [1.807, 2.05) is 19.9 Å². The molecular weight excluding hydrogens is 230 g/mol. The largest absolute Gasteiger partial charge is 0.354 e. The molecule has 0 aromatic carbocycles. The Balaban J connectivity index is 2.55. The van der Waals surface area contributed by atoms with Gasteiger partial charge in [-0.15, -0.1) is 0 Å². The molecule has 1 heterocycles. The van der Waals surface area contributed by atoms with Crippen LogP contribution in [0.4, 0.5) is 5.95 Å². The highest BCUT2D eigenvalue weighted by Gasteiger charge is 2.13. The molecule has 18 heavy (non-hydrogen) atoms. The van der Waals surface area contributed by atoms with Gasteiger partial charge in [-0.05, 0) is 18.9 Å². The average Bonchev–Trinajstić information content (AvgIpc) is 2.36. The maximum Gasteiger partial charge on any atom is 0.242 e. The summed E-state index contributed by atoms with van der Waals surface area (Å²) in [7, 11) is 0. The van der Waals surface area contributed by atoms with Gasteiger partial charge in [-0.2, -0.15) is 5.26 Å². The fourth-order valence-electron chi connectivity index (χ4n) is 1.21. The van der Waals surface area contributed by atoms with Crippen LogP contribution in [0.5, 0.6) is 0 Å². The molecule has 0 bridgehead atoms. The van der Waals surface area contributed by atoms with Crippen LogP contribution in [-0.4, -0.2) is 28.5 Å². The Morgan fingerprint density at radius 1 is 1.50 bits per heavy atom. The molecule has 1 aromatic rings. The summed E-state index contributed by atoms with van der Waals surface area (Å²) in [6.07, 6.45) is 1.48. The van der Waals surface area contributed by atoms with Gasteiger partial charge in [-0.1, -0.05) is 13.8 Å². The van der Waals surface area contributed by atoms with E-state index in [1.165, 1.54) is 12.3 Å². The molecule has 0 fully saturated rings. The summed E-state index contributed by atoms with van der Waals surface area (Å²) in [5, 5.41) is 14.4. The van der Waals surface area contributed by atoms with E-state index in [2.05, 4.69) is 20.6 Å². The Hall–Kier alpha value is -2.16. The van der Waals surface area contributed by atoms with Crippen molar-refractivity contribution in [3.05, 3.63) is 18.0 Å². The molecule has 0 aliphatic heterocycles. The van der Waals surface area contributed by atoms with Crippen LogP contribution in [0, 0.1) is 17.2 Å². The summed E-state index contributed by atoms with van der Waals surface area (Å²) in [5.74, 6) is 0.565. The third-order valence-corrected chi connectivity index (χ3v) is 2.19. The van der Waals surface area contributed by atoms with Gasteiger partial charge >= 0.3 is 0 Å². The molecule has 2 N–H and O–H groups in total. The van der Waals surface area contributed by atoms with Gasteiger partial charge < -0.3 is 10.6 Å². The maximum absolute atomic E-state index is 11.7. The molecule has 96 valence electrons. The van der Waals surface area contributed by atoms with Gasteiger partial charge in [0.25, 0.3) is 0 Å². The average molecular weight is 247 g/mol. The lowest BCUT2D eigenvalue weighted by Crippen LogP contribution is -2.39. The summed E-state index contributed by atoms with van der Waals surface area (Å²) in [4.78, 5) is 19.6. The Morgan fingerprint density at radius 2 is 2.22 bits per heavy atom. The third-order valence-electron chi connectivity index (χ3n) is 2.19. The van der Waals surface area contributed by atoms with Gasteiger partial charge in [0.15, 0.2) is 0 Å². The SMILES string of the molecule is CC(C)CNC(=O)C(C)Nc1nccc(C#N)n1. The second kappa shape index (κ2) is 6.55. The number of hydrogen-bond acceptors (Lipinski definition) is 5. The molecule has 1 aromatic heterocycles. The molecule has 6 nitrogen and oxygen atoms in total. The molecular formula is C12H17N5O. The highest BCUT2D eigenvalue weighted by molar-refractivity contribution is 5.83. The van der Waals surface area contributed by atoms with Crippen molar-refractivity contribution in [2.45, 2.75) is 26.8 Å². The highest BCUT2D eigenvalue weighted by atomic mass is 16.2. The van der Waals surface area contributed by atoms with E-state index in [1.54, 1.807) is 6.92 Å². The number of aromatic nitrogens is 2. The topological polar surface area (TPSA) is 90.7 Å². The number of carbonyl (C=O) groups excluding carboxylic acids is 1. The first-order valence-electron chi connectivity index (χ1n) is 5.80. The van der Waals surface area contributed by atoms with Gasteiger partial charge in [0.2, 0.25) is 11.9 Å². The third kappa shape index (κ3) is 4.37. The predicted molar refractivity (Wildman–Crippen MR) is 67.7 cm³/mol. The smallest absolute Gasteiger partial charge is 0.242 e. The Bertz CT molecular complexity index is 452. The maximum atomic E-state index is 11.7. The van der Waals surface area contributed by atoms with E-state index in [4.69, 9.17) is 5.26 Å². The van der Waals surface area contributed by atoms with E-state index in [-0.39, 0.29) is 17.5 Å². The van der Waals surface area contributed by atoms with Crippen LogP contribution in [0.2, 0.25) is 0 Å². The molecule has 0 saturated heterocycles. The van der Waals surface area contributed by atoms with Gasteiger partial charge in [-0.3, -0.25) is 4.79 Å². The molecule has 6 heteroatoms. The fraction of sp³-hybridized carbons (Fsp3) is 0.500. The molecule has 0 spiro atoms. The van der Waals surface area contributed by atoms with Crippen molar-refractivity contribution in [1.82, 2.24) is 15.3 Å². The van der Waals surface area contributed by atoms with Crippen LogP contribution in [0.25, 0.3) is 0 Å². The van der Waals surface area contributed by atoms with Crippen LogP contribution >= 0.6 is 0 Å². The fourth-order valence-corrected chi connectivity index (χ4v) is 1.21. The number of anilines is 1. The predicted octanol–water partition coefficient (Wildman–Crippen LogP) is 0.921. The van der Waals surface area contributed by atoms with Crippen molar-refractivity contribution < 1.29 is 4.79 Å². The van der Waals surface area contributed by atoms with E-state index in [0.29, 0.717) is 12.5 Å². The van der Waals surface area contributed by atoms with Gasteiger partial charge in [0.1, 0.15) is 17.8 Å². The highest BCUT2D eigenvalue weighted by Crippen LogP contribution is 2.01. The first-order chi connectivity index (χ1) is 8.52. The summed E-state index contributed by atoms with van der Waals surface area (Å²) >= 11 is 0. The number of amides is 1. The number of hydrogen-bond donors (Lipinski definition) is 2. The number of nitrogens with one attached hydrogen (secondary N) is 2. The molecule has 0 aliphatic carbocycles. The van der Waals surface area contributed by atoms with Crippen LogP contribution < -0.4 is 10.6 Å². The summed E-state index contributed by atoms with van der Waals surface area (Å²) in [5.41, 5.74) is 0.266. The monoisotopic (exact) mass is 247 g/mol. The summed E-state index contributed by atoms with van der Waals surface area (Å²) in [6.45, 7) is 6.40. The van der Waals surface area contributed by atoms with E-state index < -0.39 is 6.04 Å². The van der Waals surface area contributed by atoms with E-state index in [0.717, 1.165) is 0 Å². The van der Waals surface area contributed by atoms with Crippen LogP contribution in [-0.2, 0) is 4.79 Å². The first-order valence-corrected chi connectivity index (χ1v) is 5.80. The van der Waals surface area contributed by atoms with Crippen LogP contribution in [0.1, 0.15) is 26.5 Å². The standard InChI is InChI=1S/C12H17N5O/c1-8(2)7-15-11(18)9(3)16-12-14-5-4-10(6-13)17-12/h4-5,8-9H,7H2,1-3H3,(H,15,18)(H,14,16,17). The van der Waals surface area contributed by atoms with Crippen LogP contribution in [0.15, 0.2) is 12.3 Å². The van der Waals surface area contributed by atoms with Crippen molar-refractivity contribution in [2.75, 3.05) is 11.9 Å². The lowest BCUT2D eigenvalue weighted by molar-refractivity contribution is -0.121. The quantitative estimate of drug-likeness (QED) is 0.807. The molecule has 1 rings (SSSR count).